The van der Waals surface area contributed by atoms with Gasteiger partial charge in [0.1, 0.15) is 5.69 Å². The first-order valence-corrected chi connectivity index (χ1v) is 4.39. The molecule has 0 aliphatic carbocycles. The minimum Gasteiger partial charge on any atom is -0.313 e. The predicted octanol–water partition coefficient (Wildman–Crippen LogP) is 1.61. The van der Waals surface area contributed by atoms with Gasteiger partial charge in [-0.05, 0) is 18.2 Å². The van der Waals surface area contributed by atoms with Crippen molar-refractivity contribution in [3.63, 3.8) is 0 Å². The first-order chi connectivity index (χ1) is 7.66. The zero-order valence-electron chi connectivity index (χ0n) is 7.99. The molecule has 0 saturated carbocycles. The summed E-state index contributed by atoms with van der Waals surface area (Å²) in [6, 6.07) is 8.54. The molecular weight excluding hydrogens is 212 g/mol. The third kappa shape index (κ3) is 1.95. The zero-order valence-corrected chi connectivity index (χ0v) is 7.99. The first kappa shape index (κ1) is 10.0. The molecule has 0 bridgehead atoms. The molecule has 0 unspecified atom stereocenters. The Hall–Kier alpha value is -2.50. The molecule has 2 rings (SSSR count). The highest BCUT2D eigenvalue weighted by molar-refractivity contribution is 5.59. The first-order valence-electron chi connectivity index (χ1n) is 4.39. The zero-order chi connectivity index (χ0) is 11.5. The predicted molar refractivity (Wildman–Crippen MR) is 54.9 cm³/mol. The number of nitro groups is 1. The van der Waals surface area contributed by atoms with Crippen LogP contribution in [-0.4, -0.2) is 10.1 Å². The fraction of sp³-hybridized carbons (Fsp3) is 0. The molecule has 1 aromatic carbocycles. The standard InChI is InChI=1S/C10H6N2O4/c13-10-6-5-9(11-16-10)7-1-3-8(4-2-7)12(14)15/h1-6H. The SMILES string of the molecule is O=c1ccc(-c2ccc([N+](=O)[O-])cc2)no1. The third-order valence-electron chi connectivity index (χ3n) is 1.99. The summed E-state index contributed by atoms with van der Waals surface area (Å²) in [5, 5.41) is 14.0. The summed E-state index contributed by atoms with van der Waals surface area (Å²) >= 11 is 0. The number of aromatic nitrogens is 1. The van der Waals surface area contributed by atoms with Crippen molar-refractivity contribution in [1.29, 1.82) is 0 Å². The average Bonchev–Trinajstić information content (AvgIpc) is 2.30. The maximum absolute atomic E-state index is 10.7. The van der Waals surface area contributed by atoms with E-state index in [-0.39, 0.29) is 5.69 Å². The Kier molecular flexibility index (Phi) is 2.47. The van der Waals surface area contributed by atoms with Gasteiger partial charge in [-0.15, -0.1) is 0 Å². The van der Waals surface area contributed by atoms with Crippen molar-refractivity contribution < 1.29 is 9.45 Å². The van der Waals surface area contributed by atoms with Crippen LogP contribution in [0, 0.1) is 10.1 Å². The molecule has 0 radical (unpaired) electrons. The smallest absolute Gasteiger partial charge is 0.313 e. The average molecular weight is 218 g/mol. The lowest BCUT2D eigenvalue weighted by Gasteiger charge is -1.97. The third-order valence-corrected chi connectivity index (χ3v) is 1.99. The topological polar surface area (TPSA) is 86.2 Å². The van der Waals surface area contributed by atoms with Gasteiger partial charge < -0.3 is 4.52 Å². The number of hydrogen-bond donors (Lipinski definition) is 0. The van der Waals surface area contributed by atoms with Crippen LogP contribution in [0.2, 0.25) is 0 Å². The highest BCUT2D eigenvalue weighted by Gasteiger charge is 2.06. The van der Waals surface area contributed by atoms with E-state index in [1.807, 2.05) is 0 Å². The number of rotatable bonds is 2. The molecule has 1 heterocycles. The van der Waals surface area contributed by atoms with Crippen molar-refractivity contribution in [3.8, 4) is 11.3 Å². The van der Waals surface area contributed by atoms with E-state index in [1.165, 1.54) is 24.3 Å². The van der Waals surface area contributed by atoms with E-state index in [0.29, 0.717) is 11.3 Å². The Morgan fingerprint density at radius 1 is 1.12 bits per heavy atom. The highest BCUT2D eigenvalue weighted by atomic mass is 16.6. The van der Waals surface area contributed by atoms with Gasteiger partial charge in [-0.1, -0.05) is 5.16 Å². The summed E-state index contributed by atoms with van der Waals surface area (Å²) in [5.41, 5.74) is 0.565. The molecule has 0 atom stereocenters. The molecule has 6 heteroatoms. The maximum atomic E-state index is 10.7. The van der Waals surface area contributed by atoms with Gasteiger partial charge >= 0.3 is 5.63 Å². The molecular formula is C10H6N2O4. The quantitative estimate of drug-likeness (QED) is 0.564. The van der Waals surface area contributed by atoms with Crippen molar-refractivity contribution in [2.24, 2.45) is 0 Å². The Morgan fingerprint density at radius 2 is 1.81 bits per heavy atom. The summed E-state index contributed by atoms with van der Waals surface area (Å²) in [4.78, 5) is 20.6. The Labute approximate surface area is 89.3 Å². The molecule has 1 aromatic heterocycles. The van der Waals surface area contributed by atoms with Crippen molar-refractivity contribution in [2.45, 2.75) is 0 Å². The van der Waals surface area contributed by atoms with Crippen molar-refractivity contribution in [3.05, 3.63) is 56.9 Å². The minimum atomic E-state index is -0.536. The monoisotopic (exact) mass is 218 g/mol. The Morgan fingerprint density at radius 3 is 2.31 bits per heavy atom. The Bertz CT molecular complexity index is 554. The summed E-state index contributed by atoms with van der Waals surface area (Å²) in [7, 11) is 0. The van der Waals surface area contributed by atoms with Crippen LogP contribution in [-0.2, 0) is 0 Å². The minimum absolute atomic E-state index is 0.00105. The van der Waals surface area contributed by atoms with E-state index in [0.717, 1.165) is 0 Å². The van der Waals surface area contributed by atoms with Gasteiger partial charge in [0.25, 0.3) is 5.69 Å². The van der Waals surface area contributed by atoms with Crippen LogP contribution in [0.3, 0.4) is 0 Å². The van der Waals surface area contributed by atoms with Gasteiger partial charge in [-0.2, -0.15) is 0 Å². The van der Waals surface area contributed by atoms with Crippen LogP contribution in [0.1, 0.15) is 0 Å². The largest absolute Gasteiger partial charge is 0.358 e. The summed E-state index contributed by atoms with van der Waals surface area (Å²) in [6.07, 6.45) is 0. The lowest BCUT2D eigenvalue weighted by Crippen LogP contribution is -1.97. The fourth-order valence-electron chi connectivity index (χ4n) is 1.20. The second kappa shape index (κ2) is 3.93. The van der Waals surface area contributed by atoms with Crippen LogP contribution in [0.25, 0.3) is 11.3 Å². The normalized spacial score (nSPS) is 10.0. The number of nitrogens with zero attached hydrogens (tertiary/aromatic N) is 2. The molecule has 0 N–H and O–H groups in total. The summed E-state index contributed by atoms with van der Waals surface area (Å²) < 4.78 is 4.45. The number of hydrogen-bond acceptors (Lipinski definition) is 5. The highest BCUT2D eigenvalue weighted by Crippen LogP contribution is 2.19. The van der Waals surface area contributed by atoms with E-state index in [4.69, 9.17) is 0 Å². The van der Waals surface area contributed by atoms with Crippen LogP contribution >= 0.6 is 0 Å². The van der Waals surface area contributed by atoms with E-state index in [1.54, 1.807) is 12.1 Å². The van der Waals surface area contributed by atoms with Crippen LogP contribution in [0.4, 0.5) is 5.69 Å². The van der Waals surface area contributed by atoms with Gasteiger partial charge in [0.05, 0.1) is 4.92 Å². The van der Waals surface area contributed by atoms with Crippen LogP contribution in [0.15, 0.2) is 45.7 Å². The molecule has 0 amide bonds. The Balaban J connectivity index is 2.38. The van der Waals surface area contributed by atoms with E-state index in [2.05, 4.69) is 9.68 Å². The van der Waals surface area contributed by atoms with Crippen molar-refractivity contribution >= 4 is 5.69 Å². The summed E-state index contributed by atoms with van der Waals surface area (Å²) in [6.45, 7) is 0. The van der Waals surface area contributed by atoms with Gasteiger partial charge in [0, 0.05) is 23.8 Å². The van der Waals surface area contributed by atoms with E-state index < -0.39 is 10.5 Å². The number of nitro benzene ring substituents is 1. The molecule has 0 spiro atoms. The number of benzene rings is 1. The van der Waals surface area contributed by atoms with E-state index >= 15 is 0 Å². The van der Waals surface area contributed by atoms with Crippen LogP contribution in [0.5, 0.6) is 0 Å². The van der Waals surface area contributed by atoms with Crippen LogP contribution < -0.4 is 5.63 Å². The molecule has 6 nitrogen and oxygen atoms in total. The van der Waals surface area contributed by atoms with Gasteiger partial charge in [-0.25, -0.2) is 4.79 Å². The van der Waals surface area contributed by atoms with Gasteiger partial charge in [0.2, 0.25) is 0 Å². The molecule has 0 fully saturated rings. The van der Waals surface area contributed by atoms with E-state index in [9.17, 15) is 14.9 Å². The maximum Gasteiger partial charge on any atom is 0.358 e. The van der Waals surface area contributed by atoms with Crippen molar-refractivity contribution in [1.82, 2.24) is 5.16 Å². The van der Waals surface area contributed by atoms with Gasteiger partial charge in [-0.3, -0.25) is 10.1 Å². The van der Waals surface area contributed by atoms with Gasteiger partial charge in [0.15, 0.2) is 0 Å². The lowest BCUT2D eigenvalue weighted by molar-refractivity contribution is -0.384. The molecule has 0 aliphatic heterocycles. The van der Waals surface area contributed by atoms with Crippen molar-refractivity contribution in [2.75, 3.05) is 0 Å². The second-order valence-corrected chi connectivity index (χ2v) is 3.02. The molecule has 2 aromatic rings. The fourth-order valence-corrected chi connectivity index (χ4v) is 1.20. The molecule has 0 aliphatic rings. The summed E-state index contributed by atoms with van der Waals surface area (Å²) in [5.74, 6) is 0. The second-order valence-electron chi connectivity index (χ2n) is 3.02. The molecule has 16 heavy (non-hydrogen) atoms. The molecule has 80 valence electrons. The lowest BCUT2D eigenvalue weighted by atomic mass is 10.1. The molecule has 0 saturated heterocycles. The number of non-ortho nitro benzene ring substituents is 1.